The quantitative estimate of drug-likeness (QED) is 0.511. The molecule has 0 aliphatic heterocycles. The summed E-state index contributed by atoms with van der Waals surface area (Å²) in [6, 6.07) is 16.2. The van der Waals surface area contributed by atoms with Gasteiger partial charge in [0, 0.05) is 0 Å². The standard InChI is InChI=1S/C26H33GeN2O2S/c1-17-13-19(3)25(20(4)14-17)27(26-21(5)15-18(2)16-22(26)6)28-23-11-9-10-12-24(23)32(30,31)29(7)8/h9-16,28H,1-8H3. The van der Waals surface area contributed by atoms with Gasteiger partial charge in [-0.1, -0.05) is 0 Å². The Kier molecular flexibility index (Phi) is 7.22. The average molecular weight is 510 g/mol. The van der Waals surface area contributed by atoms with Gasteiger partial charge >= 0.3 is 199 Å². The van der Waals surface area contributed by atoms with Crippen molar-refractivity contribution in [3.05, 3.63) is 81.9 Å². The van der Waals surface area contributed by atoms with E-state index in [1.54, 1.807) is 26.2 Å². The Morgan fingerprint density at radius 1 is 0.719 bits per heavy atom. The van der Waals surface area contributed by atoms with Crippen molar-refractivity contribution in [2.45, 2.75) is 46.4 Å². The first-order chi connectivity index (χ1) is 14.9. The molecule has 0 fully saturated rings. The van der Waals surface area contributed by atoms with Crippen LogP contribution < -0.4 is 13.1 Å². The molecule has 169 valence electrons. The van der Waals surface area contributed by atoms with Gasteiger partial charge in [-0.15, -0.1) is 0 Å². The van der Waals surface area contributed by atoms with Crippen LogP contribution in [0.1, 0.15) is 33.4 Å². The van der Waals surface area contributed by atoms with Gasteiger partial charge in [0.1, 0.15) is 0 Å². The molecule has 0 bridgehead atoms. The third-order valence-electron chi connectivity index (χ3n) is 5.76. The van der Waals surface area contributed by atoms with Crippen molar-refractivity contribution in [1.82, 2.24) is 4.31 Å². The molecule has 3 aromatic rings. The van der Waals surface area contributed by atoms with Crippen LogP contribution in [0.4, 0.5) is 5.69 Å². The first-order valence-corrected chi connectivity index (χ1v) is 15.3. The number of benzene rings is 3. The Balaban J connectivity index is 2.29. The molecule has 0 aliphatic carbocycles. The molecule has 0 saturated heterocycles. The van der Waals surface area contributed by atoms with Crippen molar-refractivity contribution in [2.24, 2.45) is 0 Å². The summed E-state index contributed by atoms with van der Waals surface area (Å²) >= 11 is -2.41. The molecule has 3 rings (SSSR count). The first-order valence-electron chi connectivity index (χ1n) is 10.8. The summed E-state index contributed by atoms with van der Waals surface area (Å²) in [4.78, 5) is 0.319. The number of rotatable bonds is 6. The number of aryl methyl sites for hydroxylation is 6. The Hall–Kier alpha value is -2.09. The second-order valence-corrected chi connectivity index (χ2v) is 15.1. The van der Waals surface area contributed by atoms with Crippen LogP contribution in [-0.2, 0) is 10.0 Å². The molecular formula is C26H33GeN2O2S. The minimum absolute atomic E-state index is 0.319. The number of hydrogen-bond donors (Lipinski definition) is 1. The van der Waals surface area contributed by atoms with Gasteiger partial charge < -0.3 is 0 Å². The van der Waals surface area contributed by atoms with Crippen LogP contribution in [0.3, 0.4) is 0 Å². The van der Waals surface area contributed by atoms with Crippen molar-refractivity contribution >= 4 is 39.1 Å². The predicted octanol–water partition coefficient (Wildman–Crippen LogP) is 4.01. The van der Waals surface area contributed by atoms with E-state index in [1.165, 1.54) is 46.5 Å². The van der Waals surface area contributed by atoms with Crippen LogP contribution in [0.2, 0.25) is 0 Å². The molecule has 32 heavy (non-hydrogen) atoms. The second-order valence-electron chi connectivity index (χ2n) is 8.83. The fourth-order valence-corrected chi connectivity index (χ4v) is 11.7. The fraction of sp³-hybridized carbons (Fsp3) is 0.308. The summed E-state index contributed by atoms with van der Waals surface area (Å²) in [5.74, 6) is 0. The third kappa shape index (κ3) is 4.80. The van der Waals surface area contributed by atoms with Crippen molar-refractivity contribution in [3.63, 3.8) is 0 Å². The minimum atomic E-state index is -3.57. The normalized spacial score (nSPS) is 11.9. The summed E-state index contributed by atoms with van der Waals surface area (Å²) < 4.78 is 33.9. The van der Waals surface area contributed by atoms with Crippen molar-refractivity contribution in [2.75, 3.05) is 18.4 Å². The number of sulfonamides is 1. The molecule has 3 aromatic carbocycles. The predicted molar refractivity (Wildman–Crippen MR) is 137 cm³/mol. The maximum absolute atomic E-state index is 13.1. The average Bonchev–Trinajstić information content (AvgIpc) is 2.66. The summed E-state index contributed by atoms with van der Waals surface area (Å²) in [7, 11) is -0.423. The van der Waals surface area contributed by atoms with Crippen LogP contribution in [0.15, 0.2) is 53.4 Å². The topological polar surface area (TPSA) is 49.4 Å². The zero-order valence-corrected chi connectivity index (χ0v) is 23.2. The van der Waals surface area contributed by atoms with Gasteiger partial charge in [-0.25, -0.2) is 0 Å². The molecule has 0 amide bonds. The number of hydrogen-bond acceptors (Lipinski definition) is 3. The van der Waals surface area contributed by atoms with Crippen LogP contribution in [0, 0.1) is 41.5 Å². The summed E-state index contributed by atoms with van der Waals surface area (Å²) in [5.41, 5.74) is 8.21. The van der Waals surface area contributed by atoms with Gasteiger partial charge in [-0.2, -0.15) is 0 Å². The molecular weight excluding hydrogens is 477 g/mol. The van der Waals surface area contributed by atoms with E-state index in [0.717, 1.165) is 0 Å². The van der Waals surface area contributed by atoms with Gasteiger partial charge in [0.2, 0.25) is 0 Å². The third-order valence-corrected chi connectivity index (χ3v) is 14.1. The van der Waals surface area contributed by atoms with E-state index < -0.39 is 24.6 Å². The molecule has 0 aliphatic rings. The zero-order chi connectivity index (χ0) is 23.8. The molecule has 1 N–H and O–H groups in total. The van der Waals surface area contributed by atoms with E-state index in [4.69, 9.17) is 0 Å². The number of nitrogens with one attached hydrogen (secondary N) is 1. The van der Waals surface area contributed by atoms with E-state index in [1.807, 2.05) is 12.1 Å². The SMILES string of the molecule is Cc1cc(C)[c]([Ge]([NH]c2ccccc2S(=O)(=O)N(C)C)[c]2c(C)cc(C)cc2C)c(C)c1. The van der Waals surface area contributed by atoms with Crippen molar-refractivity contribution < 1.29 is 8.42 Å². The number of para-hydroxylation sites is 1. The van der Waals surface area contributed by atoms with Gasteiger partial charge in [-0.3, -0.25) is 0 Å². The summed E-state index contributed by atoms with van der Waals surface area (Å²) in [6.07, 6.45) is 0. The molecule has 0 unspecified atom stereocenters. The fourth-order valence-electron chi connectivity index (χ4n) is 4.52. The number of anilines is 1. The van der Waals surface area contributed by atoms with Crippen molar-refractivity contribution in [1.29, 1.82) is 0 Å². The molecule has 0 heterocycles. The van der Waals surface area contributed by atoms with Crippen LogP contribution in [-0.4, -0.2) is 41.4 Å². The van der Waals surface area contributed by atoms with Crippen LogP contribution in [0.25, 0.3) is 0 Å². The molecule has 0 saturated carbocycles. The van der Waals surface area contributed by atoms with Crippen LogP contribution in [0.5, 0.6) is 0 Å². The van der Waals surface area contributed by atoms with E-state index in [9.17, 15) is 8.42 Å². The molecule has 1 radical (unpaired) electrons. The molecule has 0 atom stereocenters. The summed E-state index contributed by atoms with van der Waals surface area (Å²) in [6.45, 7) is 12.9. The van der Waals surface area contributed by atoms with Gasteiger partial charge in [0.15, 0.2) is 0 Å². The Morgan fingerprint density at radius 2 is 1.12 bits per heavy atom. The van der Waals surface area contributed by atoms with E-state index in [2.05, 4.69) is 70.1 Å². The molecule has 0 spiro atoms. The monoisotopic (exact) mass is 511 g/mol. The van der Waals surface area contributed by atoms with E-state index >= 15 is 0 Å². The van der Waals surface area contributed by atoms with Gasteiger partial charge in [-0.05, 0) is 0 Å². The second kappa shape index (κ2) is 9.42. The summed E-state index contributed by atoms with van der Waals surface area (Å²) in [5, 5.41) is 0. The Labute approximate surface area is 198 Å². The number of nitrogens with zero attached hydrogens (tertiary/aromatic N) is 1. The molecule has 0 aromatic heterocycles. The van der Waals surface area contributed by atoms with Crippen LogP contribution >= 0.6 is 0 Å². The zero-order valence-electron chi connectivity index (χ0n) is 20.3. The molecule has 6 heteroatoms. The van der Waals surface area contributed by atoms with E-state index in [0.29, 0.717) is 10.6 Å². The Morgan fingerprint density at radius 3 is 1.53 bits per heavy atom. The van der Waals surface area contributed by atoms with Gasteiger partial charge in [0.25, 0.3) is 0 Å². The Bertz CT molecular complexity index is 1160. The van der Waals surface area contributed by atoms with Crippen molar-refractivity contribution in [3.8, 4) is 0 Å². The van der Waals surface area contributed by atoms with Gasteiger partial charge in [0.05, 0.1) is 0 Å². The maximum atomic E-state index is 13.1. The molecule has 4 nitrogen and oxygen atoms in total. The van der Waals surface area contributed by atoms with E-state index in [-0.39, 0.29) is 0 Å². The first kappa shape index (κ1) is 24.6.